The van der Waals surface area contributed by atoms with Crippen LogP contribution in [0.4, 0.5) is 0 Å². The third-order valence-corrected chi connectivity index (χ3v) is 0.289. The van der Waals surface area contributed by atoms with Crippen LogP contribution in [0.5, 0.6) is 0 Å². The van der Waals surface area contributed by atoms with Crippen LogP contribution in [0.25, 0.3) is 0 Å². The molecule has 0 spiro atoms. The molecular weight excluding hydrogens is 131 g/mol. The zero-order valence-electron chi connectivity index (χ0n) is 9.70. The topological polar surface area (TPSA) is 0 Å². The Morgan fingerprint density at radius 3 is 0.909 bits per heavy atom. The van der Waals surface area contributed by atoms with Crippen molar-refractivity contribution >= 4 is 7.85 Å². The van der Waals surface area contributed by atoms with Crippen LogP contribution in [-0.4, -0.2) is 7.85 Å². The Hall–Kier alpha value is 0.0649. The molecule has 0 aromatic heterocycles. The molecule has 11 heavy (non-hydrogen) atoms. The summed E-state index contributed by atoms with van der Waals surface area (Å²) in [4.78, 5) is 0. The van der Waals surface area contributed by atoms with Crippen molar-refractivity contribution in [2.75, 3.05) is 0 Å². The standard InChI is InChI=1S/C3H7B.C3H8.2C2H6/c1-2-3-4;1-3-2;2*1-2/h2-3H2,1H3;3H2,1-2H3;2*1-2H3. The first kappa shape index (κ1) is 22.5. The molecule has 0 N–H and O–H groups in total. The summed E-state index contributed by atoms with van der Waals surface area (Å²) in [5.41, 5.74) is 0. The van der Waals surface area contributed by atoms with E-state index in [1.807, 2.05) is 27.7 Å². The molecule has 0 aromatic rings. The monoisotopic (exact) mass is 158 g/mol. The maximum absolute atomic E-state index is 5.03. The van der Waals surface area contributed by atoms with Gasteiger partial charge in [0, 0.05) is 0 Å². The molecular formula is C10H27B. The molecule has 0 heterocycles. The predicted molar refractivity (Wildman–Crippen MR) is 59.5 cm³/mol. The quantitative estimate of drug-likeness (QED) is 0.494. The number of rotatable bonds is 1. The molecule has 0 saturated heterocycles. The van der Waals surface area contributed by atoms with Crippen molar-refractivity contribution in [3.05, 3.63) is 0 Å². The second-order valence-corrected chi connectivity index (χ2v) is 1.50. The van der Waals surface area contributed by atoms with Crippen LogP contribution in [-0.2, 0) is 0 Å². The van der Waals surface area contributed by atoms with Gasteiger partial charge in [0.1, 0.15) is 0 Å². The van der Waals surface area contributed by atoms with Crippen LogP contribution in [0.3, 0.4) is 0 Å². The van der Waals surface area contributed by atoms with Gasteiger partial charge in [-0.1, -0.05) is 67.6 Å². The van der Waals surface area contributed by atoms with E-state index in [1.165, 1.54) is 6.42 Å². The zero-order valence-corrected chi connectivity index (χ0v) is 9.70. The van der Waals surface area contributed by atoms with Crippen LogP contribution < -0.4 is 0 Å². The van der Waals surface area contributed by atoms with Gasteiger partial charge in [-0.05, 0) is 0 Å². The Bertz CT molecular complexity index is 12.3. The first-order valence-corrected chi connectivity index (χ1v) is 5.03. The first-order valence-electron chi connectivity index (χ1n) is 5.03. The Morgan fingerprint density at radius 2 is 0.909 bits per heavy atom. The third kappa shape index (κ3) is 577. The second kappa shape index (κ2) is 88.0. The van der Waals surface area contributed by atoms with Gasteiger partial charge in [-0.15, -0.1) is 0 Å². The van der Waals surface area contributed by atoms with Crippen LogP contribution in [0.1, 0.15) is 61.3 Å². The van der Waals surface area contributed by atoms with Crippen molar-refractivity contribution in [3.8, 4) is 0 Å². The van der Waals surface area contributed by atoms with Gasteiger partial charge in [-0.2, -0.15) is 0 Å². The van der Waals surface area contributed by atoms with Gasteiger partial charge in [-0.25, -0.2) is 0 Å². The fourth-order valence-electron chi connectivity index (χ4n) is 0. The summed E-state index contributed by atoms with van der Waals surface area (Å²) >= 11 is 0. The van der Waals surface area contributed by atoms with E-state index in [0.717, 1.165) is 12.7 Å². The summed E-state index contributed by atoms with van der Waals surface area (Å²) in [7, 11) is 5.03. The first-order chi connectivity index (χ1) is 5.33. The SMILES string of the molecule is CC.CC.CCC.[B]CCC. The van der Waals surface area contributed by atoms with Crippen LogP contribution in [0.15, 0.2) is 0 Å². The maximum atomic E-state index is 5.03. The fourth-order valence-corrected chi connectivity index (χ4v) is 0. The molecule has 0 aliphatic carbocycles. The summed E-state index contributed by atoms with van der Waals surface area (Å²) in [5, 5.41) is 0. The van der Waals surface area contributed by atoms with Crippen molar-refractivity contribution in [2.45, 2.75) is 67.6 Å². The maximum Gasteiger partial charge on any atom is 0.0652 e. The van der Waals surface area contributed by atoms with E-state index in [4.69, 9.17) is 7.85 Å². The second-order valence-electron chi connectivity index (χ2n) is 1.50. The highest BCUT2D eigenvalue weighted by molar-refractivity contribution is 6.08. The van der Waals surface area contributed by atoms with E-state index in [0.29, 0.717) is 0 Å². The lowest BCUT2D eigenvalue weighted by atomic mass is 10.0. The summed E-state index contributed by atoms with van der Waals surface area (Å²) in [5.74, 6) is 0. The van der Waals surface area contributed by atoms with Crippen LogP contribution in [0, 0.1) is 0 Å². The van der Waals surface area contributed by atoms with Crippen LogP contribution >= 0.6 is 0 Å². The molecule has 0 amide bonds. The molecule has 2 radical (unpaired) electrons. The summed E-state index contributed by atoms with van der Waals surface area (Å²) in [6.07, 6.45) is 3.17. The van der Waals surface area contributed by atoms with Gasteiger partial charge in [0.05, 0.1) is 7.85 Å². The lowest BCUT2D eigenvalue weighted by molar-refractivity contribution is 1.08. The van der Waals surface area contributed by atoms with Crippen molar-refractivity contribution in [2.24, 2.45) is 0 Å². The van der Waals surface area contributed by atoms with Crippen LogP contribution in [0.2, 0.25) is 6.32 Å². The zero-order chi connectivity index (χ0) is 10.1. The van der Waals surface area contributed by atoms with Crippen molar-refractivity contribution in [1.29, 1.82) is 0 Å². The minimum Gasteiger partial charge on any atom is -0.0889 e. The highest BCUT2D eigenvalue weighted by Crippen LogP contribution is 1.73. The molecule has 70 valence electrons. The minimum atomic E-state index is 0.819. The van der Waals surface area contributed by atoms with Gasteiger partial charge < -0.3 is 0 Å². The predicted octanol–water partition coefficient (Wildman–Crippen LogP) is 4.45. The third-order valence-electron chi connectivity index (χ3n) is 0.289. The Kier molecular flexibility index (Phi) is 180. The fraction of sp³-hybridized carbons (Fsp3) is 1.00. The summed E-state index contributed by atoms with van der Waals surface area (Å²) in [6.45, 7) is 14.3. The smallest absolute Gasteiger partial charge is 0.0652 e. The molecule has 0 aromatic carbocycles. The van der Waals surface area contributed by atoms with E-state index in [2.05, 4.69) is 20.8 Å². The molecule has 0 rings (SSSR count). The molecule has 0 aliphatic rings. The highest BCUT2D eigenvalue weighted by Gasteiger charge is 1.57. The largest absolute Gasteiger partial charge is 0.0889 e. The Labute approximate surface area is 76.2 Å². The highest BCUT2D eigenvalue weighted by atomic mass is 13.5. The average molecular weight is 158 g/mol. The van der Waals surface area contributed by atoms with Gasteiger partial charge in [0.15, 0.2) is 0 Å². The van der Waals surface area contributed by atoms with Crippen molar-refractivity contribution in [3.63, 3.8) is 0 Å². The van der Waals surface area contributed by atoms with E-state index >= 15 is 0 Å². The molecule has 0 unspecified atom stereocenters. The number of hydrogen-bond donors (Lipinski definition) is 0. The van der Waals surface area contributed by atoms with Gasteiger partial charge in [0.25, 0.3) is 0 Å². The van der Waals surface area contributed by atoms with Crippen molar-refractivity contribution in [1.82, 2.24) is 0 Å². The minimum absolute atomic E-state index is 0.819. The van der Waals surface area contributed by atoms with E-state index in [-0.39, 0.29) is 0 Å². The Morgan fingerprint density at radius 1 is 0.818 bits per heavy atom. The lowest BCUT2D eigenvalue weighted by Crippen LogP contribution is -1.55. The van der Waals surface area contributed by atoms with Gasteiger partial charge >= 0.3 is 0 Å². The van der Waals surface area contributed by atoms with E-state index in [1.54, 1.807) is 0 Å². The van der Waals surface area contributed by atoms with Gasteiger partial charge in [0.2, 0.25) is 0 Å². The van der Waals surface area contributed by atoms with Gasteiger partial charge in [-0.3, -0.25) is 0 Å². The number of hydrogen-bond acceptors (Lipinski definition) is 0. The molecule has 0 atom stereocenters. The van der Waals surface area contributed by atoms with E-state index < -0.39 is 0 Å². The lowest BCUT2D eigenvalue weighted by Gasteiger charge is -1.67. The van der Waals surface area contributed by atoms with Crippen molar-refractivity contribution < 1.29 is 0 Å². The Balaban J connectivity index is -0.0000000315. The van der Waals surface area contributed by atoms with E-state index in [9.17, 15) is 0 Å². The molecule has 0 aliphatic heterocycles. The average Bonchev–Trinajstić information content (AvgIpc) is 2.12. The normalized spacial score (nSPS) is 5.36. The molecule has 0 saturated carbocycles. The molecule has 0 fully saturated rings. The summed E-state index contributed by atoms with van der Waals surface area (Å²) in [6, 6.07) is 0. The summed E-state index contributed by atoms with van der Waals surface area (Å²) < 4.78 is 0. The molecule has 1 heteroatoms. The molecule has 0 nitrogen and oxygen atoms in total. The molecule has 0 bridgehead atoms.